The van der Waals surface area contributed by atoms with Crippen LogP contribution in [0.3, 0.4) is 0 Å². The summed E-state index contributed by atoms with van der Waals surface area (Å²) in [6, 6.07) is 0.619. The molecule has 0 amide bonds. The Bertz CT molecular complexity index is 252. The van der Waals surface area contributed by atoms with Crippen LogP contribution < -0.4 is 5.32 Å². The molecule has 1 heterocycles. The van der Waals surface area contributed by atoms with E-state index in [9.17, 15) is 0 Å². The zero-order valence-corrected chi connectivity index (χ0v) is 10.4. The molecule has 4 heteroatoms. The van der Waals surface area contributed by atoms with Crippen LogP contribution in [0.25, 0.3) is 0 Å². The molecule has 1 atom stereocenters. The smallest absolute Gasteiger partial charge is 0.0294 e. The van der Waals surface area contributed by atoms with Crippen molar-refractivity contribution in [3.8, 4) is 12.3 Å². The summed E-state index contributed by atoms with van der Waals surface area (Å²) >= 11 is 0. The van der Waals surface area contributed by atoms with Crippen LogP contribution in [0.15, 0.2) is 11.6 Å². The van der Waals surface area contributed by atoms with Gasteiger partial charge in [-0.3, -0.25) is 4.90 Å². The highest BCUT2D eigenvalue weighted by Crippen LogP contribution is 2.22. The highest BCUT2D eigenvalue weighted by molar-refractivity contribution is 5.85. The van der Waals surface area contributed by atoms with Gasteiger partial charge >= 0.3 is 0 Å². The van der Waals surface area contributed by atoms with E-state index < -0.39 is 0 Å². The maximum absolute atomic E-state index is 5.38. The van der Waals surface area contributed by atoms with Gasteiger partial charge < -0.3 is 5.32 Å². The normalized spacial score (nSPS) is 25.8. The van der Waals surface area contributed by atoms with Gasteiger partial charge in [0.25, 0.3) is 0 Å². The molecule has 0 radical (unpaired) electrons. The van der Waals surface area contributed by atoms with Crippen molar-refractivity contribution in [3.05, 3.63) is 11.6 Å². The van der Waals surface area contributed by atoms with Crippen LogP contribution >= 0.6 is 24.8 Å². The van der Waals surface area contributed by atoms with Crippen molar-refractivity contribution < 1.29 is 0 Å². The Hall–Kier alpha value is -0.200. The third-order valence-electron chi connectivity index (χ3n) is 2.91. The highest BCUT2D eigenvalue weighted by Gasteiger charge is 2.22. The number of terminal acetylenes is 1. The average molecular weight is 249 g/mol. The van der Waals surface area contributed by atoms with Crippen LogP contribution in [-0.2, 0) is 0 Å². The zero-order chi connectivity index (χ0) is 9.10. The maximum Gasteiger partial charge on any atom is 0.0294 e. The highest BCUT2D eigenvalue weighted by atomic mass is 35.5. The molecule has 1 saturated heterocycles. The van der Waals surface area contributed by atoms with E-state index in [0.717, 1.165) is 19.5 Å². The number of rotatable bonds is 1. The number of halogens is 2. The number of nitrogens with one attached hydrogen (secondary N) is 1. The molecule has 1 aliphatic heterocycles. The second kappa shape index (κ2) is 7.14. The summed E-state index contributed by atoms with van der Waals surface area (Å²) in [5, 5.41) is 3.36. The lowest BCUT2D eigenvalue weighted by Crippen LogP contribution is -2.47. The van der Waals surface area contributed by atoms with E-state index in [1.54, 1.807) is 0 Å². The molecule has 0 aromatic rings. The fraction of sp³-hybridized carbons (Fsp3) is 0.636. The lowest BCUT2D eigenvalue weighted by molar-refractivity contribution is 0.200. The predicted octanol–water partition coefficient (Wildman–Crippen LogP) is 1.46. The first-order valence-electron chi connectivity index (χ1n) is 5.02. The molecule has 0 aromatic carbocycles. The molecule has 2 aliphatic rings. The Morgan fingerprint density at radius 3 is 2.53 bits per heavy atom. The van der Waals surface area contributed by atoms with E-state index in [0.29, 0.717) is 6.04 Å². The van der Waals surface area contributed by atoms with Crippen molar-refractivity contribution in [2.45, 2.75) is 18.9 Å². The van der Waals surface area contributed by atoms with E-state index >= 15 is 0 Å². The number of hydrogen-bond acceptors (Lipinski definition) is 2. The summed E-state index contributed by atoms with van der Waals surface area (Å²) in [6.45, 7) is 4.57. The third kappa shape index (κ3) is 3.70. The first kappa shape index (κ1) is 14.8. The van der Waals surface area contributed by atoms with Crippen LogP contribution in [0.2, 0.25) is 0 Å². The zero-order valence-electron chi connectivity index (χ0n) is 8.74. The van der Waals surface area contributed by atoms with E-state index in [1.807, 2.05) is 0 Å². The first-order valence-corrected chi connectivity index (χ1v) is 5.02. The quantitative estimate of drug-likeness (QED) is 0.708. The predicted molar refractivity (Wildman–Crippen MR) is 68.9 cm³/mol. The van der Waals surface area contributed by atoms with E-state index in [-0.39, 0.29) is 24.8 Å². The largest absolute Gasteiger partial charge is 0.314 e. The number of allylic oxidation sites excluding steroid dienone is 1. The maximum atomic E-state index is 5.38. The van der Waals surface area contributed by atoms with Gasteiger partial charge in [-0.1, -0.05) is 12.0 Å². The second-order valence-corrected chi connectivity index (χ2v) is 3.73. The summed E-state index contributed by atoms with van der Waals surface area (Å²) < 4.78 is 0. The molecule has 86 valence electrons. The molecular weight excluding hydrogens is 231 g/mol. The summed E-state index contributed by atoms with van der Waals surface area (Å²) in [5.41, 5.74) is 1.20. The molecule has 2 rings (SSSR count). The van der Waals surface area contributed by atoms with Gasteiger partial charge in [0, 0.05) is 32.2 Å². The molecule has 0 spiro atoms. The third-order valence-corrected chi connectivity index (χ3v) is 2.91. The lowest BCUT2D eigenvalue weighted by Gasteiger charge is -2.31. The van der Waals surface area contributed by atoms with Crippen LogP contribution in [0.4, 0.5) is 0 Å². The minimum Gasteiger partial charge on any atom is -0.314 e. The minimum absolute atomic E-state index is 0. The molecule has 1 N–H and O–H groups in total. The molecule has 2 nitrogen and oxygen atoms in total. The van der Waals surface area contributed by atoms with Gasteiger partial charge in [-0.15, -0.1) is 31.2 Å². The number of nitrogens with zero attached hydrogens (tertiary/aromatic N) is 1. The molecule has 0 saturated carbocycles. The summed E-state index contributed by atoms with van der Waals surface area (Å²) in [4.78, 5) is 2.53. The van der Waals surface area contributed by atoms with Crippen LogP contribution in [0, 0.1) is 12.3 Å². The summed E-state index contributed by atoms with van der Waals surface area (Å²) in [5.74, 6) is 2.75. The molecule has 0 unspecified atom stereocenters. The van der Waals surface area contributed by atoms with Crippen LogP contribution in [-0.4, -0.2) is 37.1 Å². The van der Waals surface area contributed by atoms with Crippen LogP contribution in [0.5, 0.6) is 0 Å². The van der Waals surface area contributed by atoms with E-state index in [2.05, 4.69) is 22.2 Å². The summed E-state index contributed by atoms with van der Waals surface area (Å²) in [6.07, 6.45) is 9.97. The Kier molecular flexibility index (Phi) is 7.04. The van der Waals surface area contributed by atoms with Gasteiger partial charge in [-0.25, -0.2) is 0 Å². The van der Waals surface area contributed by atoms with Gasteiger partial charge in [0.15, 0.2) is 0 Å². The monoisotopic (exact) mass is 248 g/mol. The van der Waals surface area contributed by atoms with Crippen molar-refractivity contribution >= 4 is 24.8 Å². The Morgan fingerprint density at radius 1 is 1.33 bits per heavy atom. The van der Waals surface area contributed by atoms with Crippen molar-refractivity contribution in [2.24, 2.45) is 0 Å². The number of hydrogen-bond donors (Lipinski definition) is 1. The van der Waals surface area contributed by atoms with Crippen molar-refractivity contribution in [3.63, 3.8) is 0 Å². The van der Waals surface area contributed by atoms with Crippen molar-refractivity contribution in [1.29, 1.82) is 0 Å². The molecule has 0 bridgehead atoms. The molecule has 1 fully saturated rings. The second-order valence-electron chi connectivity index (χ2n) is 3.73. The summed E-state index contributed by atoms with van der Waals surface area (Å²) in [7, 11) is 0. The Labute approximate surface area is 104 Å². The van der Waals surface area contributed by atoms with Gasteiger partial charge in [0.1, 0.15) is 0 Å². The van der Waals surface area contributed by atoms with Gasteiger partial charge in [-0.05, 0) is 18.4 Å². The molecular formula is C11H18Cl2N2. The molecule has 15 heavy (non-hydrogen) atoms. The fourth-order valence-corrected chi connectivity index (χ4v) is 2.12. The average Bonchev–Trinajstić information content (AvgIpc) is 2.67. The molecule has 0 aromatic heterocycles. The van der Waals surface area contributed by atoms with Gasteiger partial charge in [0.2, 0.25) is 0 Å². The minimum atomic E-state index is 0. The lowest BCUT2D eigenvalue weighted by atomic mass is 10.2. The van der Waals surface area contributed by atoms with Gasteiger partial charge in [-0.2, -0.15) is 0 Å². The Balaban J connectivity index is 0.000000980. The fourth-order valence-electron chi connectivity index (χ4n) is 2.12. The topological polar surface area (TPSA) is 15.3 Å². The van der Waals surface area contributed by atoms with E-state index in [1.165, 1.54) is 25.1 Å². The number of piperazine rings is 1. The Morgan fingerprint density at radius 2 is 2.00 bits per heavy atom. The first-order chi connectivity index (χ1) is 6.40. The van der Waals surface area contributed by atoms with E-state index in [4.69, 9.17) is 6.42 Å². The van der Waals surface area contributed by atoms with Crippen LogP contribution in [0.1, 0.15) is 12.8 Å². The molecule has 1 aliphatic carbocycles. The van der Waals surface area contributed by atoms with Crippen molar-refractivity contribution in [1.82, 2.24) is 10.2 Å². The van der Waals surface area contributed by atoms with Gasteiger partial charge in [0.05, 0.1) is 0 Å². The SMILES string of the molecule is C#CC1=C[C@H](N2CCNCC2)CC1.Cl.Cl. The van der Waals surface area contributed by atoms with Crippen molar-refractivity contribution in [2.75, 3.05) is 26.2 Å². The standard InChI is InChI=1S/C11H16N2.2ClH/c1-2-10-3-4-11(9-10)13-7-5-12-6-8-13;;/h1,9,11-12H,3-8H2;2*1H/t11-;;/m1../s1.